The molecule has 2 aromatic carbocycles. The fourth-order valence-corrected chi connectivity index (χ4v) is 1.99. The van der Waals surface area contributed by atoms with Crippen molar-refractivity contribution in [3.8, 4) is 11.5 Å². The van der Waals surface area contributed by atoms with E-state index in [2.05, 4.69) is 37.4 Å². The van der Waals surface area contributed by atoms with E-state index in [0.717, 1.165) is 18.0 Å². The van der Waals surface area contributed by atoms with Crippen molar-refractivity contribution in [2.75, 3.05) is 13.7 Å². The quantitative estimate of drug-likeness (QED) is 0.843. The molecule has 0 aliphatic rings. The van der Waals surface area contributed by atoms with Gasteiger partial charge in [-0.3, -0.25) is 0 Å². The largest absolute Gasteiger partial charge is 0.497 e. The van der Waals surface area contributed by atoms with Gasteiger partial charge in [-0.15, -0.1) is 0 Å². The first-order chi connectivity index (χ1) is 10.2. The Balaban J connectivity index is 1.76. The summed E-state index contributed by atoms with van der Waals surface area (Å²) in [5.74, 6) is 1.80. The van der Waals surface area contributed by atoms with E-state index in [1.54, 1.807) is 7.11 Å². The molecule has 0 aliphatic carbocycles. The summed E-state index contributed by atoms with van der Waals surface area (Å²) in [6.45, 7) is 5.64. The highest BCUT2D eigenvalue weighted by Gasteiger charge is 2.03. The maximum atomic E-state index is 5.77. The average Bonchev–Trinajstić information content (AvgIpc) is 2.52. The van der Waals surface area contributed by atoms with Gasteiger partial charge in [0.15, 0.2) is 0 Å². The first kappa shape index (κ1) is 15.4. The second-order valence-corrected chi connectivity index (χ2v) is 5.26. The van der Waals surface area contributed by atoms with Crippen LogP contribution in [0, 0.1) is 6.92 Å². The Bertz CT molecular complexity index is 551. The van der Waals surface area contributed by atoms with Crippen molar-refractivity contribution in [1.82, 2.24) is 5.32 Å². The fraction of sp³-hybridized carbons (Fsp3) is 0.333. The molecular weight excluding hydrogens is 262 g/mol. The van der Waals surface area contributed by atoms with Crippen LogP contribution in [0.1, 0.15) is 18.1 Å². The third-order valence-corrected chi connectivity index (χ3v) is 3.31. The van der Waals surface area contributed by atoms with Gasteiger partial charge in [0.1, 0.15) is 18.1 Å². The van der Waals surface area contributed by atoms with Gasteiger partial charge in [0, 0.05) is 12.6 Å². The van der Waals surface area contributed by atoms with Crippen molar-refractivity contribution < 1.29 is 9.47 Å². The van der Waals surface area contributed by atoms with Crippen molar-refractivity contribution in [3.63, 3.8) is 0 Å². The highest BCUT2D eigenvalue weighted by atomic mass is 16.5. The lowest BCUT2D eigenvalue weighted by Crippen LogP contribution is -2.31. The van der Waals surface area contributed by atoms with Gasteiger partial charge in [0.05, 0.1) is 7.11 Å². The molecule has 2 aromatic rings. The van der Waals surface area contributed by atoms with Gasteiger partial charge in [-0.2, -0.15) is 0 Å². The molecule has 1 atom stereocenters. The Labute approximate surface area is 126 Å². The van der Waals surface area contributed by atoms with Crippen LogP contribution in [-0.2, 0) is 6.54 Å². The standard InChI is InChI=1S/C18H23NO2/c1-14-7-9-17(10-8-14)21-13-15(2)19-12-16-5-4-6-18(11-16)20-3/h4-11,15,19H,12-13H2,1-3H3. The molecule has 0 heterocycles. The highest BCUT2D eigenvalue weighted by molar-refractivity contribution is 5.28. The van der Waals surface area contributed by atoms with E-state index in [1.807, 2.05) is 30.3 Å². The molecule has 0 aliphatic heterocycles. The van der Waals surface area contributed by atoms with E-state index in [1.165, 1.54) is 11.1 Å². The predicted molar refractivity (Wildman–Crippen MR) is 86.0 cm³/mol. The third kappa shape index (κ3) is 5.12. The zero-order valence-corrected chi connectivity index (χ0v) is 12.9. The molecule has 0 radical (unpaired) electrons. The summed E-state index contributed by atoms with van der Waals surface area (Å²) in [5, 5.41) is 3.45. The number of nitrogens with one attached hydrogen (secondary N) is 1. The van der Waals surface area contributed by atoms with Crippen molar-refractivity contribution >= 4 is 0 Å². The van der Waals surface area contributed by atoms with Crippen LogP contribution in [0.15, 0.2) is 48.5 Å². The number of aryl methyl sites for hydroxylation is 1. The predicted octanol–water partition coefficient (Wildman–Crippen LogP) is 3.56. The molecule has 2 rings (SSSR count). The molecule has 0 spiro atoms. The molecule has 0 aromatic heterocycles. The summed E-state index contributed by atoms with van der Waals surface area (Å²) in [6.07, 6.45) is 0. The van der Waals surface area contributed by atoms with E-state index in [4.69, 9.17) is 9.47 Å². The van der Waals surface area contributed by atoms with E-state index in [9.17, 15) is 0 Å². The molecular formula is C18H23NO2. The van der Waals surface area contributed by atoms with Gasteiger partial charge in [-0.1, -0.05) is 29.8 Å². The number of methoxy groups -OCH3 is 1. The van der Waals surface area contributed by atoms with E-state index in [0.29, 0.717) is 6.61 Å². The van der Waals surface area contributed by atoms with Gasteiger partial charge in [0.2, 0.25) is 0 Å². The topological polar surface area (TPSA) is 30.5 Å². The van der Waals surface area contributed by atoms with Crippen LogP contribution in [0.4, 0.5) is 0 Å². The van der Waals surface area contributed by atoms with Crippen LogP contribution in [-0.4, -0.2) is 19.8 Å². The molecule has 1 unspecified atom stereocenters. The summed E-state index contributed by atoms with van der Waals surface area (Å²) in [5.41, 5.74) is 2.45. The highest BCUT2D eigenvalue weighted by Crippen LogP contribution is 2.13. The van der Waals surface area contributed by atoms with Gasteiger partial charge >= 0.3 is 0 Å². The molecule has 0 fully saturated rings. The molecule has 0 saturated carbocycles. The summed E-state index contributed by atoms with van der Waals surface area (Å²) < 4.78 is 11.0. The van der Waals surface area contributed by atoms with Gasteiger partial charge in [-0.25, -0.2) is 0 Å². The van der Waals surface area contributed by atoms with Crippen molar-refractivity contribution in [3.05, 3.63) is 59.7 Å². The van der Waals surface area contributed by atoms with Crippen LogP contribution < -0.4 is 14.8 Å². The number of hydrogen-bond donors (Lipinski definition) is 1. The average molecular weight is 285 g/mol. The SMILES string of the molecule is COc1cccc(CNC(C)COc2ccc(C)cc2)c1. The van der Waals surface area contributed by atoms with Gasteiger partial charge < -0.3 is 14.8 Å². The van der Waals surface area contributed by atoms with Crippen molar-refractivity contribution in [2.45, 2.75) is 26.4 Å². The zero-order chi connectivity index (χ0) is 15.1. The van der Waals surface area contributed by atoms with E-state index >= 15 is 0 Å². The van der Waals surface area contributed by atoms with Crippen LogP contribution in [0.25, 0.3) is 0 Å². The van der Waals surface area contributed by atoms with Crippen LogP contribution >= 0.6 is 0 Å². The zero-order valence-electron chi connectivity index (χ0n) is 12.9. The van der Waals surface area contributed by atoms with Crippen molar-refractivity contribution in [2.24, 2.45) is 0 Å². The second-order valence-electron chi connectivity index (χ2n) is 5.26. The fourth-order valence-electron chi connectivity index (χ4n) is 1.99. The van der Waals surface area contributed by atoms with Crippen molar-refractivity contribution in [1.29, 1.82) is 0 Å². The number of benzene rings is 2. The maximum absolute atomic E-state index is 5.77. The summed E-state index contributed by atoms with van der Waals surface area (Å²) in [4.78, 5) is 0. The summed E-state index contributed by atoms with van der Waals surface area (Å²) >= 11 is 0. The molecule has 0 saturated heterocycles. The van der Waals surface area contributed by atoms with Gasteiger partial charge in [-0.05, 0) is 43.7 Å². The maximum Gasteiger partial charge on any atom is 0.119 e. The monoisotopic (exact) mass is 285 g/mol. The van der Waals surface area contributed by atoms with Crippen LogP contribution in [0.3, 0.4) is 0 Å². The molecule has 0 bridgehead atoms. The number of ether oxygens (including phenoxy) is 2. The summed E-state index contributed by atoms with van der Waals surface area (Å²) in [6, 6.07) is 16.5. The van der Waals surface area contributed by atoms with E-state index in [-0.39, 0.29) is 6.04 Å². The Morgan fingerprint density at radius 2 is 1.81 bits per heavy atom. The Hall–Kier alpha value is -2.00. The first-order valence-electron chi connectivity index (χ1n) is 7.23. The smallest absolute Gasteiger partial charge is 0.119 e. The lowest BCUT2D eigenvalue weighted by Gasteiger charge is -2.15. The minimum absolute atomic E-state index is 0.275. The Kier molecular flexibility index (Phi) is 5.64. The molecule has 1 N–H and O–H groups in total. The minimum Gasteiger partial charge on any atom is -0.497 e. The molecule has 3 heteroatoms. The number of hydrogen-bond acceptors (Lipinski definition) is 3. The Morgan fingerprint density at radius 1 is 1.05 bits per heavy atom. The molecule has 3 nitrogen and oxygen atoms in total. The molecule has 112 valence electrons. The first-order valence-corrected chi connectivity index (χ1v) is 7.23. The minimum atomic E-state index is 0.275. The van der Waals surface area contributed by atoms with Crippen LogP contribution in [0.2, 0.25) is 0 Å². The van der Waals surface area contributed by atoms with Gasteiger partial charge in [0.25, 0.3) is 0 Å². The normalized spacial score (nSPS) is 12.0. The Morgan fingerprint density at radius 3 is 2.52 bits per heavy atom. The summed E-state index contributed by atoms with van der Waals surface area (Å²) in [7, 11) is 1.69. The third-order valence-electron chi connectivity index (χ3n) is 3.31. The lowest BCUT2D eigenvalue weighted by atomic mass is 10.2. The molecule has 21 heavy (non-hydrogen) atoms. The number of rotatable bonds is 7. The molecule has 0 amide bonds. The second kappa shape index (κ2) is 7.70. The lowest BCUT2D eigenvalue weighted by molar-refractivity contribution is 0.272. The van der Waals surface area contributed by atoms with E-state index < -0.39 is 0 Å². The van der Waals surface area contributed by atoms with Crippen LogP contribution in [0.5, 0.6) is 11.5 Å².